The highest BCUT2D eigenvalue weighted by molar-refractivity contribution is 7.92. The summed E-state index contributed by atoms with van der Waals surface area (Å²) in [4.78, 5) is 28.0. The minimum Gasteiger partial charge on any atom is -0.357 e. The normalized spacial score (nSPS) is 12.0. The zero-order valence-electron chi connectivity index (χ0n) is 22.6. The average Bonchev–Trinajstić information content (AvgIpc) is 2.93. The van der Waals surface area contributed by atoms with Crippen molar-refractivity contribution in [3.8, 4) is 0 Å². The topological polar surface area (TPSA) is 86.8 Å². The number of halogens is 1. The molecule has 0 aliphatic carbocycles. The summed E-state index contributed by atoms with van der Waals surface area (Å²) in [5, 5.41) is 2.63. The van der Waals surface area contributed by atoms with Crippen molar-refractivity contribution in [2.24, 2.45) is 0 Å². The van der Waals surface area contributed by atoms with Crippen LogP contribution in [0.4, 0.5) is 10.1 Å². The number of aryl methyl sites for hydroxylation is 1. The molecule has 0 bridgehead atoms. The van der Waals surface area contributed by atoms with Gasteiger partial charge in [0, 0.05) is 38.5 Å². The predicted molar refractivity (Wildman–Crippen MR) is 152 cm³/mol. The molecule has 0 spiro atoms. The van der Waals surface area contributed by atoms with Crippen LogP contribution >= 0.6 is 0 Å². The Morgan fingerprint density at radius 3 is 2.15 bits per heavy atom. The quantitative estimate of drug-likeness (QED) is 0.342. The molecular formula is C30H36FN3O4S. The van der Waals surface area contributed by atoms with E-state index in [1.807, 2.05) is 49.4 Å². The SMILES string of the molecule is CCc1ccc(N(CCCC(=O)N(Cc2ccccc2F)[C@@H](Cc2ccccc2)C(=O)NC)S(C)(=O)=O)cc1. The zero-order chi connectivity index (χ0) is 28.4. The van der Waals surface area contributed by atoms with E-state index >= 15 is 0 Å². The number of likely N-dealkylation sites (N-methyl/N-ethyl adjacent to an activating group) is 1. The largest absolute Gasteiger partial charge is 0.357 e. The van der Waals surface area contributed by atoms with Crippen LogP contribution < -0.4 is 9.62 Å². The summed E-state index contributed by atoms with van der Waals surface area (Å²) in [6, 6.07) is 21.9. The Hall–Kier alpha value is -3.72. The molecule has 208 valence electrons. The summed E-state index contributed by atoms with van der Waals surface area (Å²) in [7, 11) is -2.09. The van der Waals surface area contributed by atoms with Crippen LogP contribution in [0.2, 0.25) is 0 Å². The van der Waals surface area contributed by atoms with Gasteiger partial charge in [-0.1, -0.05) is 67.6 Å². The van der Waals surface area contributed by atoms with Gasteiger partial charge in [-0.2, -0.15) is 0 Å². The van der Waals surface area contributed by atoms with Crippen molar-refractivity contribution >= 4 is 27.5 Å². The van der Waals surface area contributed by atoms with Crippen LogP contribution in [0.3, 0.4) is 0 Å². The van der Waals surface area contributed by atoms with Gasteiger partial charge in [0.15, 0.2) is 0 Å². The van der Waals surface area contributed by atoms with E-state index in [9.17, 15) is 22.4 Å². The molecule has 0 heterocycles. The van der Waals surface area contributed by atoms with E-state index in [2.05, 4.69) is 5.32 Å². The molecule has 0 aliphatic heterocycles. The standard InChI is InChI=1S/C30H36FN3O4S/c1-4-23-16-18-26(19-17-23)34(39(3,37)38)20-10-15-29(35)33(22-25-13-8-9-14-27(25)31)28(30(36)32-2)21-24-11-6-5-7-12-24/h5-9,11-14,16-19,28H,4,10,15,20-22H2,1-3H3,(H,32,36)/t28-/m0/s1. The number of sulfonamides is 1. The second-order valence-electron chi connectivity index (χ2n) is 9.39. The molecule has 0 saturated carbocycles. The van der Waals surface area contributed by atoms with Gasteiger partial charge in [0.1, 0.15) is 11.9 Å². The van der Waals surface area contributed by atoms with Gasteiger partial charge in [0.05, 0.1) is 11.9 Å². The number of carbonyl (C=O) groups is 2. The van der Waals surface area contributed by atoms with Crippen LogP contribution in [0.1, 0.15) is 36.5 Å². The van der Waals surface area contributed by atoms with Crippen LogP contribution in [0, 0.1) is 5.82 Å². The number of benzene rings is 3. The van der Waals surface area contributed by atoms with Gasteiger partial charge in [0.25, 0.3) is 0 Å². The van der Waals surface area contributed by atoms with Crippen molar-refractivity contribution in [3.05, 3.63) is 101 Å². The Labute approximate surface area is 230 Å². The van der Waals surface area contributed by atoms with E-state index in [1.54, 1.807) is 30.3 Å². The van der Waals surface area contributed by atoms with E-state index in [-0.39, 0.29) is 44.2 Å². The molecular weight excluding hydrogens is 517 g/mol. The van der Waals surface area contributed by atoms with Gasteiger partial charge in [-0.3, -0.25) is 13.9 Å². The van der Waals surface area contributed by atoms with Gasteiger partial charge < -0.3 is 10.2 Å². The minimum absolute atomic E-state index is 0.0181. The molecule has 0 saturated heterocycles. The number of hydrogen-bond donors (Lipinski definition) is 1. The molecule has 0 unspecified atom stereocenters. The first-order valence-electron chi connectivity index (χ1n) is 13.0. The van der Waals surface area contributed by atoms with E-state index in [4.69, 9.17) is 0 Å². The molecule has 0 fully saturated rings. The highest BCUT2D eigenvalue weighted by Crippen LogP contribution is 2.21. The third kappa shape index (κ3) is 8.38. The maximum atomic E-state index is 14.6. The second-order valence-corrected chi connectivity index (χ2v) is 11.3. The molecule has 1 atom stereocenters. The van der Waals surface area contributed by atoms with Crippen LogP contribution in [-0.4, -0.2) is 51.0 Å². The van der Waals surface area contributed by atoms with Gasteiger partial charge in [-0.25, -0.2) is 12.8 Å². The second kappa shape index (κ2) is 13.9. The third-order valence-corrected chi connectivity index (χ3v) is 7.79. The maximum Gasteiger partial charge on any atom is 0.242 e. The first-order chi connectivity index (χ1) is 18.6. The number of anilines is 1. The highest BCUT2D eigenvalue weighted by atomic mass is 32.2. The Morgan fingerprint density at radius 1 is 0.923 bits per heavy atom. The maximum absolute atomic E-state index is 14.6. The Balaban J connectivity index is 1.84. The molecule has 39 heavy (non-hydrogen) atoms. The molecule has 1 N–H and O–H groups in total. The lowest BCUT2D eigenvalue weighted by molar-refractivity contribution is -0.141. The highest BCUT2D eigenvalue weighted by Gasteiger charge is 2.30. The van der Waals surface area contributed by atoms with Crippen molar-refractivity contribution in [3.63, 3.8) is 0 Å². The summed E-state index contributed by atoms with van der Waals surface area (Å²) < 4.78 is 41.0. The van der Waals surface area contributed by atoms with Crippen molar-refractivity contribution < 1.29 is 22.4 Å². The van der Waals surface area contributed by atoms with E-state index < -0.39 is 21.9 Å². The van der Waals surface area contributed by atoms with E-state index in [1.165, 1.54) is 22.3 Å². The smallest absolute Gasteiger partial charge is 0.242 e. The lowest BCUT2D eigenvalue weighted by Crippen LogP contribution is -2.50. The number of nitrogens with one attached hydrogen (secondary N) is 1. The average molecular weight is 554 g/mol. The fraction of sp³-hybridized carbons (Fsp3) is 0.333. The summed E-state index contributed by atoms with van der Waals surface area (Å²) >= 11 is 0. The molecule has 2 amide bonds. The van der Waals surface area contributed by atoms with Crippen molar-refractivity contribution in [2.45, 2.75) is 45.2 Å². The minimum atomic E-state index is -3.59. The van der Waals surface area contributed by atoms with Crippen molar-refractivity contribution in [1.29, 1.82) is 0 Å². The van der Waals surface area contributed by atoms with E-state index in [0.29, 0.717) is 11.3 Å². The number of nitrogens with zero attached hydrogens (tertiary/aromatic N) is 2. The summed E-state index contributed by atoms with van der Waals surface area (Å²) in [5.41, 5.74) is 2.76. The Kier molecular flexibility index (Phi) is 10.6. The zero-order valence-corrected chi connectivity index (χ0v) is 23.5. The summed E-state index contributed by atoms with van der Waals surface area (Å²) in [5.74, 6) is -1.20. The first-order valence-corrected chi connectivity index (χ1v) is 14.8. The molecule has 7 nitrogen and oxygen atoms in total. The number of hydrogen-bond acceptors (Lipinski definition) is 4. The monoisotopic (exact) mass is 553 g/mol. The Bertz CT molecular complexity index is 1350. The molecule has 3 aromatic rings. The number of amides is 2. The lowest BCUT2D eigenvalue weighted by Gasteiger charge is -2.31. The predicted octanol–water partition coefficient (Wildman–Crippen LogP) is 4.32. The fourth-order valence-electron chi connectivity index (χ4n) is 4.43. The molecule has 0 aromatic heterocycles. The van der Waals surface area contributed by atoms with Gasteiger partial charge in [-0.15, -0.1) is 0 Å². The molecule has 9 heteroatoms. The van der Waals surface area contributed by atoms with Crippen molar-refractivity contribution in [2.75, 3.05) is 24.2 Å². The molecule has 3 rings (SSSR count). The molecule has 0 radical (unpaired) electrons. The number of rotatable bonds is 13. The van der Waals surface area contributed by atoms with Crippen LogP contribution in [0.25, 0.3) is 0 Å². The van der Waals surface area contributed by atoms with E-state index in [0.717, 1.165) is 23.8 Å². The van der Waals surface area contributed by atoms with Crippen LogP contribution in [-0.2, 0) is 39.0 Å². The third-order valence-electron chi connectivity index (χ3n) is 6.60. The van der Waals surface area contributed by atoms with Gasteiger partial charge in [-0.05, 0) is 42.2 Å². The van der Waals surface area contributed by atoms with Gasteiger partial charge in [0.2, 0.25) is 21.8 Å². The fourth-order valence-corrected chi connectivity index (χ4v) is 5.40. The molecule has 3 aromatic carbocycles. The summed E-state index contributed by atoms with van der Waals surface area (Å²) in [6.45, 7) is 2.02. The van der Waals surface area contributed by atoms with Gasteiger partial charge >= 0.3 is 0 Å². The van der Waals surface area contributed by atoms with Crippen molar-refractivity contribution in [1.82, 2.24) is 10.2 Å². The molecule has 0 aliphatic rings. The summed E-state index contributed by atoms with van der Waals surface area (Å²) in [6.07, 6.45) is 2.42. The lowest BCUT2D eigenvalue weighted by atomic mass is 10.0. The number of carbonyl (C=O) groups excluding carboxylic acids is 2. The first kappa shape index (κ1) is 29.8. The van der Waals surface area contributed by atoms with Crippen LogP contribution in [0.15, 0.2) is 78.9 Å². The Morgan fingerprint density at radius 2 is 1.56 bits per heavy atom. The van der Waals surface area contributed by atoms with Crippen LogP contribution in [0.5, 0.6) is 0 Å².